The lowest BCUT2D eigenvalue weighted by Crippen LogP contribution is -2.36. The van der Waals surface area contributed by atoms with Gasteiger partial charge in [0.1, 0.15) is 0 Å². The average molecular weight is 570 g/mol. The van der Waals surface area contributed by atoms with Crippen LogP contribution in [-0.2, 0) is 30.8 Å². The number of halogens is 1. The number of hydrogen-bond donors (Lipinski definition) is 0. The molecule has 0 atom stereocenters. The molecular formula is C25H32ClN3O6S2. The zero-order valence-electron chi connectivity index (χ0n) is 21.4. The van der Waals surface area contributed by atoms with Crippen molar-refractivity contribution in [2.24, 2.45) is 4.99 Å². The summed E-state index contributed by atoms with van der Waals surface area (Å²) in [5, 5.41) is 0.634. The summed E-state index contributed by atoms with van der Waals surface area (Å²) in [6.45, 7) is 6.29. The summed E-state index contributed by atoms with van der Waals surface area (Å²) >= 11 is 7.75. The van der Waals surface area contributed by atoms with Crippen LogP contribution >= 0.6 is 22.9 Å². The Balaban J connectivity index is 1.94. The van der Waals surface area contributed by atoms with Crippen molar-refractivity contribution in [3.05, 3.63) is 57.3 Å². The second-order valence-electron chi connectivity index (χ2n) is 8.08. The summed E-state index contributed by atoms with van der Waals surface area (Å²) in [6, 6.07) is 9.53. The van der Waals surface area contributed by atoms with Gasteiger partial charge in [-0.15, -0.1) is 0 Å². The number of sulfonamides is 1. The Kier molecular flexibility index (Phi) is 10.8. The third-order valence-corrected chi connectivity index (χ3v) is 9.09. The van der Waals surface area contributed by atoms with Gasteiger partial charge < -0.3 is 18.8 Å². The fourth-order valence-corrected chi connectivity index (χ4v) is 6.39. The standard InChI is InChI=1S/C25H32ClN3O6S2/c1-5-35-17-14-29-23-18(2)21(26)10-11-22(23)36-25(29)27-24(30)19-6-8-20(9-7-19)37(31,32)28(12-15-33-3)13-16-34-4/h6-11H,5,12-17H2,1-4H3. The van der Waals surface area contributed by atoms with Crippen molar-refractivity contribution in [2.75, 3.05) is 53.7 Å². The molecule has 0 spiro atoms. The number of benzene rings is 2. The third kappa shape index (κ3) is 7.05. The van der Waals surface area contributed by atoms with Gasteiger partial charge in [-0.3, -0.25) is 4.79 Å². The zero-order valence-corrected chi connectivity index (χ0v) is 23.8. The van der Waals surface area contributed by atoms with E-state index in [1.165, 1.54) is 54.1 Å². The molecule has 0 aliphatic heterocycles. The first-order chi connectivity index (χ1) is 17.7. The van der Waals surface area contributed by atoms with Gasteiger partial charge >= 0.3 is 0 Å². The Morgan fingerprint density at radius 1 is 1.05 bits per heavy atom. The van der Waals surface area contributed by atoms with Crippen molar-refractivity contribution in [2.45, 2.75) is 25.3 Å². The number of nitrogens with zero attached hydrogens (tertiary/aromatic N) is 3. The second-order valence-corrected chi connectivity index (χ2v) is 11.4. The fraction of sp³-hybridized carbons (Fsp3) is 0.440. The van der Waals surface area contributed by atoms with Crippen LogP contribution in [0.3, 0.4) is 0 Å². The number of carbonyl (C=O) groups excluding carboxylic acids is 1. The molecule has 0 N–H and O–H groups in total. The summed E-state index contributed by atoms with van der Waals surface area (Å²) in [5.41, 5.74) is 2.10. The first-order valence-electron chi connectivity index (χ1n) is 11.8. The highest BCUT2D eigenvalue weighted by atomic mass is 35.5. The largest absolute Gasteiger partial charge is 0.383 e. The Hall–Kier alpha value is -2.12. The molecular weight excluding hydrogens is 538 g/mol. The number of thiazole rings is 1. The molecule has 3 aromatic rings. The number of ether oxygens (including phenoxy) is 3. The minimum Gasteiger partial charge on any atom is -0.383 e. The lowest BCUT2D eigenvalue weighted by Gasteiger charge is -2.21. The average Bonchev–Trinajstić information content (AvgIpc) is 3.23. The van der Waals surface area contributed by atoms with Crippen LogP contribution < -0.4 is 4.80 Å². The molecule has 3 rings (SSSR count). The molecule has 0 saturated carbocycles. The molecule has 2 aromatic carbocycles. The summed E-state index contributed by atoms with van der Waals surface area (Å²) in [4.78, 5) is 18.1. The molecule has 0 unspecified atom stereocenters. The third-order valence-electron chi connectivity index (χ3n) is 5.72. The van der Waals surface area contributed by atoms with Gasteiger partial charge in [0, 0.05) is 51.0 Å². The van der Waals surface area contributed by atoms with Crippen molar-refractivity contribution < 1.29 is 27.4 Å². The van der Waals surface area contributed by atoms with Gasteiger partial charge in [0.15, 0.2) is 4.80 Å². The predicted octanol–water partition coefficient (Wildman–Crippen LogP) is 3.73. The maximum Gasteiger partial charge on any atom is 0.279 e. The number of rotatable bonds is 13. The van der Waals surface area contributed by atoms with E-state index in [1.807, 2.05) is 30.5 Å². The molecule has 0 aliphatic carbocycles. The topological polar surface area (TPSA) is 99.4 Å². The van der Waals surface area contributed by atoms with Gasteiger partial charge in [0.05, 0.1) is 34.9 Å². The van der Waals surface area contributed by atoms with Crippen LogP contribution in [0.2, 0.25) is 5.02 Å². The molecule has 202 valence electrons. The first-order valence-corrected chi connectivity index (χ1v) is 14.4. The number of aryl methyl sites for hydroxylation is 1. The number of hydrogen-bond acceptors (Lipinski definition) is 7. The van der Waals surface area contributed by atoms with E-state index >= 15 is 0 Å². The highest BCUT2D eigenvalue weighted by molar-refractivity contribution is 7.89. The van der Waals surface area contributed by atoms with Crippen LogP contribution in [0.1, 0.15) is 22.8 Å². The van der Waals surface area contributed by atoms with Gasteiger partial charge in [-0.2, -0.15) is 9.30 Å². The van der Waals surface area contributed by atoms with Gasteiger partial charge in [-0.1, -0.05) is 22.9 Å². The minimum atomic E-state index is -3.79. The van der Waals surface area contributed by atoms with Crippen molar-refractivity contribution >= 4 is 49.1 Å². The Morgan fingerprint density at radius 2 is 1.70 bits per heavy atom. The number of methoxy groups -OCH3 is 2. The summed E-state index contributed by atoms with van der Waals surface area (Å²) < 4.78 is 46.1. The monoisotopic (exact) mass is 569 g/mol. The van der Waals surface area contributed by atoms with E-state index < -0.39 is 15.9 Å². The van der Waals surface area contributed by atoms with E-state index in [2.05, 4.69) is 4.99 Å². The maximum absolute atomic E-state index is 13.1. The molecule has 1 aromatic heterocycles. The molecule has 37 heavy (non-hydrogen) atoms. The van der Waals surface area contributed by atoms with Crippen molar-refractivity contribution in [1.82, 2.24) is 8.87 Å². The van der Waals surface area contributed by atoms with E-state index in [1.54, 1.807) is 0 Å². The SMILES string of the molecule is CCOCCn1c(=NC(=O)c2ccc(S(=O)(=O)N(CCOC)CCOC)cc2)sc2ccc(Cl)c(C)c21. The molecule has 9 nitrogen and oxygen atoms in total. The number of amides is 1. The number of aromatic nitrogens is 1. The van der Waals surface area contributed by atoms with E-state index in [9.17, 15) is 13.2 Å². The van der Waals surface area contributed by atoms with Crippen LogP contribution in [0.4, 0.5) is 0 Å². The van der Waals surface area contributed by atoms with Crippen LogP contribution in [0.15, 0.2) is 46.3 Å². The predicted molar refractivity (Wildman–Crippen MR) is 145 cm³/mol. The van der Waals surface area contributed by atoms with Gasteiger partial charge in [0.2, 0.25) is 10.0 Å². The Morgan fingerprint density at radius 3 is 2.30 bits per heavy atom. The molecule has 1 heterocycles. The molecule has 0 bridgehead atoms. The molecule has 0 radical (unpaired) electrons. The zero-order chi connectivity index (χ0) is 27.0. The van der Waals surface area contributed by atoms with Crippen LogP contribution in [0.5, 0.6) is 0 Å². The van der Waals surface area contributed by atoms with E-state index in [0.717, 1.165) is 15.8 Å². The Labute approximate surface area is 226 Å². The van der Waals surface area contributed by atoms with Gasteiger partial charge in [-0.25, -0.2) is 8.42 Å². The molecule has 12 heteroatoms. The number of carbonyl (C=O) groups is 1. The Bertz CT molecular complexity index is 1380. The lowest BCUT2D eigenvalue weighted by molar-refractivity contribution is 0.0996. The van der Waals surface area contributed by atoms with E-state index in [0.29, 0.717) is 29.6 Å². The fourth-order valence-electron chi connectivity index (χ4n) is 3.72. The van der Waals surface area contributed by atoms with Crippen LogP contribution in [0.25, 0.3) is 10.2 Å². The summed E-state index contributed by atoms with van der Waals surface area (Å²) in [5.74, 6) is -0.472. The smallest absolute Gasteiger partial charge is 0.279 e. The highest BCUT2D eigenvalue weighted by Gasteiger charge is 2.24. The molecule has 0 fully saturated rings. The van der Waals surface area contributed by atoms with Crippen molar-refractivity contribution in [3.63, 3.8) is 0 Å². The summed E-state index contributed by atoms with van der Waals surface area (Å²) in [6.07, 6.45) is 0. The van der Waals surface area contributed by atoms with Gasteiger partial charge in [-0.05, 0) is 55.8 Å². The van der Waals surface area contributed by atoms with E-state index in [4.69, 9.17) is 25.8 Å². The van der Waals surface area contributed by atoms with Crippen LogP contribution in [-0.4, -0.2) is 76.9 Å². The maximum atomic E-state index is 13.1. The molecule has 1 amide bonds. The van der Waals surface area contributed by atoms with Crippen LogP contribution in [0, 0.1) is 6.92 Å². The van der Waals surface area contributed by atoms with E-state index in [-0.39, 0.29) is 36.8 Å². The normalized spacial score (nSPS) is 12.6. The highest BCUT2D eigenvalue weighted by Crippen LogP contribution is 2.27. The van der Waals surface area contributed by atoms with Crippen molar-refractivity contribution in [3.8, 4) is 0 Å². The lowest BCUT2D eigenvalue weighted by atomic mass is 10.2. The quantitative estimate of drug-likeness (QED) is 0.291. The number of fused-ring (bicyclic) bond motifs is 1. The molecule has 0 aliphatic rings. The first kappa shape index (κ1) is 29.4. The second kappa shape index (κ2) is 13.6. The minimum absolute atomic E-state index is 0.0789. The van der Waals surface area contributed by atoms with Gasteiger partial charge in [0.25, 0.3) is 5.91 Å². The molecule has 0 saturated heterocycles. The van der Waals surface area contributed by atoms with Crippen molar-refractivity contribution in [1.29, 1.82) is 0 Å². The summed E-state index contributed by atoms with van der Waals surface area (Å²) in [7, 11) is -0.766.